The van der Waals surface area contributed by atoms with E-state index in [1.54, 1.807) is 0 Å². The molecule has 0 atom stereocenters. The Balaban J connectivity index is 2.34. The van der Waals surface area contributed by atoms with Crippen LogP contribution in [0.15, 0.2) is 30.3 Å². The minimum Gasteiger partial charge on any atom is -0.371 e. The fraction of sp³-hybridized carbons (Fsp3) is 0.385. The van der Waals surface area contributed by atoms with Crippen molar-refractivity contribution in [1.29, 1.82) is 0 Å². The summed E-state index contributed by atoms with van der Waals surface area (Å²) >= 11 is 3.43. The first-order valence-electron chi connectivity index (χ1n) is 5.88. The number of hydrogen-bond acceptors (Lipinski definition) is 3. The Kier molecular flexibility index (Phi) is 4.49. The fourth-order valence-corrected chi connectivity index (χ4v) is 2.01. The van der Waals surface area contributed by atoms with E-state index in [0.29, 0.717) is 11.9 Å². The summed E-state index contributed by atoms with van der Waals surface area (Å²) in [5.74, 6) is 1.70. The number of nitrogens with zero attached hydrogens (tertiary/aromatic N) is 3. The zero-order chi connectivity index (χ0) is 13.0. The number of ether oxygens (including phenoxy) is 1. The maximum Gasteiger partial charge on any atom is 0.163 e. The molecule has 2 rings (SSSR count). The van der Waals surface area contributed by atoms with Crippen molar-refractivity contribution in [2.24, 2.45) is 0 Å². The summed E-state index contributed by atoms with van der Waals surface area (Å²) in [7, 11) is 0. The van der Waals surface area contributed by atoms with Crippen molar-refractivity contribution in [3.05, 3.63) is 42.0 Å². The lowest BCUT2D eigenvalue weighted by atomic mass is 10.3. The molecule has 96 valence electrons. The molecule has 0 fully saturated rings. The predicted octanol–water partition coefficient (Wildman–Crippen LogP) is 3.09. The van der Waals surface area contributed by atoms with Crippen LogP contribution in [0.4, 0.5) is 0 Å². The second-order valence-corrected chi connectivity index (χ2v) is 4.76. The maximum absolute atomic E-state index is 5.61. The summed E-state index contributed by atoms with van der Waals surface area (Å²) in [4.78, 5) is 0. The van der Waals surface area contributed by atoms with Crippen LogP contribution in [-0.2, 0) is 16.7 Å². The molecule has 5 heteroatoms. The Morgan fingerprint density at radius 1 is 1.17 bits per heavy atom. The average molecular weight is 310 g/mol. The maximum atomic E-state index is 5.61. The van der Waals surface area contributed by atoms with Crippen LogP contribution in [0.25, 0.3) is 5.69 Å². The van der Waals surface area contributed by atoms with Gasteiger partial charge in [0.2, 0.25) is 0 Å². The number of alkyl halides is 1. The lowest BCUT2D eigenvalue weighted by Crippen LogP contribution is -2.09. The lowest BCUT2D eigenvalue weighted by molar-refractivity contribution is 0.0603. The number of hydrogen-bond donors (Lipinski definition) is 0. The molecule has 0 aliphatic heterocycles. The first-order chi connectivity index (χ1) is 8.72. The van der Waals surface area contributed by atoms with E-state index in [4.69, 9.17) is 4.74 Å². The molecule has 0 aliphatic rings. The molecule has 2 aromatic rings. The van der Waals surface area contributed by atoms with Gasteiger partial charge in [-0.25, -0.2) is 0 Å². The SMILES string of the molecule is CC(C)OCc1nnc(CBr)n1-c1ccccc1. The molecule has 1 aromatic heterocycles. The second kappa shape index (κ2) is 6.11. The lowest BCUT2D eigenvalue weighted by Gasteiger charge is -2.11. The standard InChI is InChI=1S/C13H16BrN3O/c1-10(2)18-9-13-16-15-12(8-14)17(13)11-6-4-3-5-7-11/h3-7,10H,8-9H2,1-2H3. The molecule has 4 nitrogen and oxygen atoms in total. The van der Waals surface area contributed by atoms with Crippen molar-refractivity contribution >= 4 is 15.9 Å². The van der Waals surface area contributed by atoms with Crippen molar-refractivity contribution < 1.29 is 4.74 Å². The molecule has 0 saturated heterocycles. The molecule has 0 radical (unpaired) electrons. The van der Waals surface area contributed by atoms with Crippen LogP contribution in [0.3, 0.4) is 0 Å². The zero-order valence-corrected chi connectivity index (χ0v) is 12.1. The van der Waals surface area contributed by atoms with Crippen molar-refractivity contribution in [3.8, 4) is 5.69 Å². The summed E-state index contributed by atoms with van der Waals surface area (Å²) < 4.78 is 7.63. The summed E-state index contributed by atoms with van der Waals surface area (Å²) in [5.41, 5.74) is 1.05. The summed E-state index contributed by atoms with van der Waals surface area (Å²) in [6.07, 6.45) is 0.179. The summed E-state index contributed by atoms with van der Waals surface area (Å²) in [6.45, 7) is 4.48. The highest BCUT2D eigenvalue weighted by Gasteiger charge is 2.13. The number of rotatable bonds is 5. The highest BCUT2D eigenvalue weighted by atomic mass is 79.9. The van der Waals surface area contributed by atoms with Crippen molar-refractivity contribution in [1.82, 2.24) is 14.8 Å². The molecular formula is C13H16BrN3O. The van der Waals surface area contributed by atoms with E-state index in [1.165, 1.54) is 0 Å². The topological polar surface area (TPSA) is 39.9 Å². The quantitative estimate of drug-likeness (QED) is 0.797. The third kappa shape index (κ3) is 2.97. The smallest absolute Gasteiger partial charge is 0.163 e. The Hall–Kier alpha value is -1.20. The normalized spacial score (nSPS) is 11.1. The molecule has 0 bridgehead atoms. The number of benzene rings is 1. The van der Waals surface area contributed by atoms with E-state index in [2.05, 4.69) is 26.1 Å². The van der Waals surface area contributed by atoms with E-state index in [-0.39, 0.29) is 6.10 Å². The van der Waals surface area contributed by atoms with Crippen molar-refractivity contribution in [3.63, 3.8) is 0 Å². The van der Waals surface area contributed by atoms with E-state index >= 15 is 0 Å². The van der Waals surface area contributed by atoms with Gasteiger partial charge in [-0.05, 0) is 26.0 Å². The van der Waals surface area contributed by atoms with Gasteiger partial charge in [-0.15, -0.1) is 10.2 Å². The van der Waals surface area contributed by atoms with Gasteiger partial charge >= 0.3 is 0 Å². The largest absolute Gasteiger partial charge is 0.371 e. The van der Waals surface area contributed by atoms with Gasteiger partial charge in [-0.1, -0.05) is 34.1 Å². The van der Waals surface area contributed by atoms with Crippen molar-refractivity contribution in [2.75, 3.05) is 0 Å². The monoisotopic (exact) mass is 309 g/mol. The molecule has 0 aliphatic carbocycles. The predicted molar refractivity (Wildman–Crippen MR) is 73.9 cm³/mol. The Morgan fingerprint density at radius 3 is 2.44 bits per heavy atom. The van der Waals surface area contributed by atoms with Gasteiger partial charge < -0.3 is 4.74 Å². The van der Waals surface area contributed by atoms with Crippen LogP contribution in [0, 0.1) is 0 Å². The van der Waals surface area contributed by atoms with Gasteiger partial charge in [0.25, 0.3) is 0 Å². The van der Waals surface area contributed by atoms with Crippen molar-refractivity contribution in [2.45, 2.75) is 31.9 Å². The molecule has 0 spiro atoms. The highest BCUT2D eigenvalue weighted by Crippen LogP contribution is 2.16. The van der Waals surface area contributed by atoms with E-state index in [1.807, 2.05) is 48.7 Å². The van der Waals surface area contributed by atoms with Crippen LogP contribution in [0.1, 0.15) is 25.5 Å². The number of para-hydroxylation sites is 1. The molecule has 1 heterocycles. The Morgan fingerprint density at radius 2 is 1.83 bits per heavy atom. The Labute approximate surface area is 115 Å². The molecule has 0 N–H and O–H groups in total. The Bertz CT molecular complexity index is 496. The van der Waals surface area contributed by atoms with Gasteiger partial charge in [0, 0.05) is 5.69 Å². The third-order valence-electron chi connectivity index (χ3n) is 2.48. The molecule has 0 saturated carbocycles. The van der Waals surface area contributed by atoms with Crippen LogP contribution in [-0.4, -0.2) is 20.9 Å². The first-order valence-corrected chi connectivity index (χ1v) is 7.00. The van der Waals surface area contributed by atoms with E-state index in [9.17, 15) is 0 Å². The number of halogens is 1. The minimum absolute atomic E-state index is 0.179. The molecule has 1 aromatic carbocycles. The molecule has 18 heavy (non-hydrogen) atoms. The van der Waals surface area contributed by atoms with Gasteiger partial charge in [-0.3, -0.25) is 4.57 Å². The molecular weight excluding hydrogens is 294 g/mol. The van der Waals surface area contributed by atoms with Gasteiger partial charge in [0.1, 0.15) is 12.4 Å². The van der Waals surface area contributed by atoms with Gasteiger partial charge in [0.05, 0.1) is 11.4 Å². The molecule has 0 amide bonds. The number of aromatic nitrogens is 3. The van der Waals surface area contributed by atoms with E-state index < -0.39 is 0 Å². The second-order valence-electron chi connectivity index (χ2n) is 4.20. The van der Waals surface area contributed by atoms with Crippen LogP contribution in [0.2, 0.25) is 0 Å². The van der Waals surface area contributed by atoms with Crippen LogP contribution in [0.5, 0.6) is 0 Å². The zero-order valence-electron chi connectivity index (χ0n) is 10.5. The van der Waals surface area contributed by atoms with E-state index in [0.717, 1.165) is 17.3 Å². The fourth-order valence-electron chi connectivity index (χ4n) is 1.65. The summed E-state index contributed by atoms with van der Waals surface area (Å²) in [5, 5.41) is 9.03. The van der Waals surface area contributed by atoms with Gasteiger partial charge in [-0.2, -0.15) is 0 Å². The molecule has 0 unspecified atom stereocenters. The minimum atomic E-state index is 0.179. The average Bonchev–Trinajstić information content (AvgIpc) is 2.80. The third-order valence-corrected chi connectivity index (χ3v) is 2.98. The van der Waals surface area contributed by atoms with Crippen LogP contribution >= 0.6 is 15.9 Å². The van der Waals surface area contributed by atoms with Crippen LogP contribution < -0.4 is 0 Å². The highest BCUT2D eigenvalue weighted by molar-refractivity contribution is 9.08. The first kappa shape index (κ1) is 13.2. The van der Waals surface area contributed by atoms with Gasteiger partial charge in [0.15, 0.2) is 5.82 Å². The summed E-state index contributed by atoms with van der Waals surface area (Å²) in [6, 6.07) is 10.1.